The van der Waals surface area contributed by atoms with Crippen molar-refractivity contribution in [2.45, 2.75) is 13.8 Å². The number of hydrogen-bond donors (Lipinski definition) is 1. The lowest BCUT2D eigenvalue weighted by Gasteiger charge is -1.98. The molecule has 0 saturated carbocycles. The van der Waals surface area contributed by atoms with E-state index in [1.54, 1.807) is 13.8 Å². The summed E-state index contributed by atoms with van der Waals surface area (Å²) in [4.78, 5) is 24.0. The van der Waals surface area contributed by atoms with E-state index in [-0.39, 0.29) is 17.3 Å². The van der Waals surface area contributed by atoms with Gasteiger partial charge in [-0.15, -0.1) is 0 Å². The molecule has 3 aromatic heterocycles. The minimum atomic E-state index is -0.459. The van der Waals surface area contributed by atoms with Crippen molar-refractivity contribution in [3.8, 4) is 0 Å². The van der Waals surface area contributed by atoms with Crippen LogP contribution in [-0.4, -0.2) is 26.0 Å². The van der Waals surface area contributed by atoms with Crippen LogP contribution in [0.3, 0.4) is 0 Å². The van der Waals surface area contributed by atoms with E-state index in [4.69, 9.17) is 8.94 Å². The zero-order valence-corrected chi connectivity index (χ0v) is 10.2. The largest absolute Gasteiger partial charge is 0.436 e. The molecule has 0 bridgehead atoms. The second-order valence-electron chi connectivity index (χ2n) is 3.84. The van der Waals surface area contributed by atoms with Crippen molar-refractivity contribution in [3.63, 3.8) is 0 Å². The molecule has 1 amide bonds. The van der Waals surface area contributed by atoms with Crippen molar-refractivity contribution in [2.24, 2.45) is 0 Å². The first-order chi connectivity index (χ1) is 9.15. The molecule has 8 heteroatoms. The molecule has 0 unspecified atom stereocenters. The van der Waals surface area contributed by atoms with Crippen molar-refractivity contribution in [3.05, 3.63) is 29.7 Å². The van der Waals surface area contributed by atoms with Crippen LogP contribution in [-0.2, 0) is 0 Å². The highest BCUT2D eigenvalue weighted by Crippen LogP contribution is 2.19. The highest BCUT2D eigenvalue weighted by atomic mass is 16.5. The number of aromatic nitrogens is 4. The lowest BCUT2D eigenvalue weighted by Crippen LogP contribution is -2.12. The molecule has 0 aliphatic rings. The molecular weight excluding hydrogens is 250 g/mol. The quantitative estimate of drug-likeness (QED) is 0.742. The van der Waals surface area contributed by atoms with Gasteiger partial charge in [0.1, 0.15) is 0 Å². The van der Waals surface area contributed by atoms with E-state index in [0.717, 1.165) is 0 Å². The lowest BCUT2D eigenvalue weighted by atomic mass is 10.3. The predicted molar refractivity (Wildman–Crippen MR) is 63.5 cm³/mol. The van der Waals surface area contributed by atoms with Gasteiger partial charge in [-0.2, -0.15) is 0 Å². The average molecular weight is 259 g/mol. The minimum absolute atomic E-state index is 0.137. The number of carbonyl (C=O) groups excluding carboxylic acids is 1. The molecular formula is C11H9N5O3. The van der Waals surface area contributed by atoms with Crippen molar-refractivity contribution in [1.82, 2.24) is 20.1 Å². The maximum atomic E-state index is 12.0. The van der Waals surface area contributed by atoms with Crippen LogP contribution in [0.2, 0.25) is 0 Å². The van der Waals surface area contributed by atoms with Gasteiger partial charge in [0.25, 0.3) is 11.6 Å². The van der Waals surface area contributed by atoms with Gasteiger partial charge in [-0.3, -0.25) is 10.1 Å². The van der Waals surface area contributed by atoms with Crippen LogP contribution >= 0.6 is 0 Å². The molecule has 0 atom stereocenters. The maximum Gasteiger partial charge on any atom is 0.294 e. The third-order valence-electron chi connectivity index (χ3n) is 2.45. The Hall–Kier alpha value is -2.77. The molecule has 0 radical (unpaired) electrons. The van der Waals surface area contributed by atoms with Crippen LogP contribution in [0.5, 0.6) is 0 Å². The summed E-state index contributed by atoms with van der Waals surface area (Å²) in [6.45, 7) is 3.35. The third-order valence-corrected chi connectivity index (χ3v) is 2.45. The van der Waals surface area contributed by atoms with E-state index in [2.05, 4.69) is 25.4 Å². The number of nitrogens with one attached hydrogen (secondary N) is 1. The molecule has 3 rings (SSSR count). The monoisotopic (exact) mass is 259 g/mol. The summed E-state index contributed by atoms with van der Waals surface area (Å²) in [6.07, 6.45) is 2.96. The third kappa shape index (κ3) is 1.92. The summed E-state index contributed by atoms with van der Waals surface area (Å²) in [5, 5.41) is 6.26. The average Bonchev–Trinajstić information content (AvgIpc) is 2.94. The SMILES string of the molecule is Cc1nc(C)c(C(=O)Nc2noc3nccnc23)o1. The van der Waals surface area contributed by atoms with Gasteiger partial charge >= 0.3 is 0 Å². The second kappa shape index (κ2) is 4.16. The fourth-order valence-electron chi connectivity index (χ4n) is 1.67. The Bertz CT molecular complexity index is 761. The van der Waals surface area contributed by atoms with Crippen LogP contribution < -0.4 is 5.32 Å². The molecule has 8 nitrogen and oxygen atoms in total. The van der Waals surface area contributed by atoms with Gasteiger partial charge in [0.2, 0.25) is 11.6 Å². The van der Waals surface area contributed by atoms with Gasteiger partial charge in [-0.1, -0.05) is 5.16 Å². The highest BCUT2D eigenvalue weighted by molar-refractivity contribution is 6.05. The Morgan fingerprint density at radius 3 is 2.79 bits per heavy atom. The van der Waals surface area contributed by atoms with E-state index in [9.17, 15) is 4.79 Å². The number of rotatable bonds is 2. The number of nitrogens with zero attached hydrogens (tertiary/aromatic N) is 4. The standard InChI is InChI=1S/C11H9N5O3/c1-5-8(18-6(2)14-5)10(17)15-9-7-11(19-16-9)13-4-3-12-7/h3-4H,1-2H3,(H,15,16,17). The van der Waals surface area contributed by atoms with E-state index < -0.39 is 5.91 Å². The summed E-state index contributed by atoms with van der Waals surface area (Å²) in [5.41, 5.74) is 1.14. The first-order valence-corrected chi connectivity index (χ1v) is 5.47. The summed E-state index contributed by atoms with van der Waals surface area (Å²) in [5.74, 6) is 0.297. The van der Waals surface area contributed by atoms with Crippen LogP contribution in [0.4, 0.5) is 5.82 Å². The van der Waals surface area contributed by atoms with Crippen molar-refractivity contribution in [1.29, 1.82) is 0 Å². The molecule has 3 aromatic rings. The molecule has 1 N–H and O–H groups in total. The number of carbonyl (C=O) groups is 1. The molecule has 0 aromatic carbocycles. The fourth-order valence-corrected chi connectivity index (χ4v) is 1.67. The smallest absolute Gasteiger partial charge is 0.294 e. The highest BCUT2D eigenvalue weighted by Gasteiger charge is 2.19. The molecule has 0 saturated heterocycles. The Labute approximate surface area is 106 Å². The van der Waals surface area contributed by atoms with E-state index >= 15 is 0 Å². The van der Waals surface area contributed by atoms with Crippen molar-refractivity contribution >= 4 is 23.0 Å². The van der Waals surface area contributed by atoms with Crippen molar-refractivity contribution in [2.75, 3.05) is 5.32 Å². The first-order valence-electron chi connectivity index (χ1n) is 5.47. The molecule has 3 heterocycles. The molecule has 0 spiro atoms. The Kier molecular flexibility index (Phi) is 2.48. The van der Waals surface area contributed by atoms with Gasteiger partial charge in [-0.25, -0.2) is 15.0 Å². The Balaban J connectivity index is 1.93. The predicted octanol–water partition coefficient (Wildman–Crippen LogP) is 1.47. The number of amides is 1. The van der Waals surface area contributed by atoms with E-state index in [1.807, 2.05) is 0 Å². The Morgan fingerprint density at radius 1 is 1.26 bits per heavy atom. The molecule has 19 heavy (non-hydrogen) atoms. The van der Waals surface area contributed by atoms with Crippen LogP contribution in [0.1, 0.15) is 22.1 Å². The Morgan fingerprint density at radius 2 is 2.05 bits per heavy atom. The number of anilines is 1. The zero-order valence-electron chi connectivity index (χ0n) is 10.2. The van der Waals surface area contributed by atoms with Crippen LogP contribution in [0.15, 0.2) is 21.3 Å². The van der Waals surface area contributed by atoms with E-state index in [0.29, 0.717) is 17.1 Å². The lowest BCUT2D eigenvalue weighted by molar-refractivity contribution is 0.0994. The number of aryl methyl sites for hydroxylation is 2. The van der Waals surface area contributed by atoms with Crippen molar-refractivity contribution < 1.29 is 13.7 Å². The summed E-state index contributed by atoms with van der Waals surface area (Å²) < 4.78 is 10.2. The van der Waals surface area contributed by atoms with Crippen LogP contribution in [0.25, 0.3) is 11.2 Å². The second-order valence-corrected chi connectivity index (χ2v) is 3.84. The topological polar surface area (TPSA) is 107 Å². The number of hydrogen-bond acceptors (Lipinski definition) is 7. The maximum absolute atomic E-state index is 12.0. The normalized spacial score (nSPS) is 10.8. The molecule has 96 valence electrons. The summed E-state index contributed by atoms with van der Waals surface area (Å²) in [7, 11) is 0. The fraction of sp³-hybridized carbons (Fsp3) is 0.182. The molecule has 0 fully saturated rings. The summed E-state index contributed by atoms with van der Waals surface area (Å²) in [6, 6.07) is 0. The number of oxazole rings is 1. The van der Waals surface area contributed by atoms with E-state index in [1.165, 1.54) is 12.4 Å². The zero-order chi connectivity index (χ0) is 13.4. The van der Waals surface area contributed by atoms with Gasteiger partial charge < -0.3 is 8.94 Å². The van der Waals surface area contributed by atoms with Gasteiger partial charge in [0.15, 0.2) is 11.4 Å². The van der Waals surface area contributed by atoms with Crippen LogP contribution in [0, 0.1) is 13.8 Å². The van der Waals surface area contributed by atoms with Gasteiger partial charge in [-0.05, 0) is 6.92 Å². The molecule has 0 aliphatic heterocycles. The minimum Gasteiger partial charge on any atom is -0.436 e. The van der Waals surface area contributed by atoms with Gasteiger partial charge in [0, 0.05) is 19.3 Å². The van der Waals surface area contributed by atoms with Gasteiger partial charge in [0.05, 0.1) is 5.69 Å². The first kappa shape index (κ1) is 11.3. The number of fused-ring (bicyclic) bond motifs is 1. The molecule has 0 aliphatic carbocycles. The summed E-state index contributed by atoms with van der Waals surface area (Å²) >= 11 is 0.